The van der Waals surface area contributed by atoms with Gasteiger partial charge in [0.15, 0.2) is 0 Å². The van der Waals surface area contributed by atoms with Crippen LogP contribution < -0.4 is 0 Å². The van der Waals surface area contributed by atoms with E-state index in [4.69, 9.17) is 23.2 Å². The summed E-state index contributed by atoms with van der Waals surface area (Å²) in [6, 6.07) is 4.93. The largest absolute Gasteiger partial charge is 0.393 e. The van der Waals surface area contributed by atoms with E-state index in [1.54, 1.807) is 18.2 Å². The van der Waals surface area contributed by atoms with E-state index in [-0.39, 0.29) is 19.3 Å². The first-order chi connectivity index (χ1) is 8.29. The maximum atomic E-state index is 11.9. The van der Waals surface area contributed by atoms with Crippen LogP contribution in [0.15, 0.2) is 18.2 Å². The lowest BCUT2D eigenvalue weighted by Gasteiger charge is -2.13. The van der Waals surface area contributed by atoms with Crippen molar-refractivity contribution >= 4 is 23.2 Å². The minimum atomic E-state index is -4.18. The second-order valence-corrected chi connectivity index (χ2v) is 4.88. The maximum Gasteiger partial charge on any atom is 0.389 e. The molecule has 1 nitrogen and oxygen atoms in total. The van der Waals surface area contributed by atoms with Gasteiger partial charge in [0, 0.05) is 22.9 Å². The third-order valence-electron chi connectivity index (χ3n) is 2.50. The van der Waals surface area contributed by atoms with Crippen molar-refractivity contribution in [1.82, 2.24) is 0 Å². The zero-order chi connectivity index (χ0) is 13.8. The van der Waals surface area contributed by atoms with Crippen molar-refractivity contribution in [3.63, 3.8) is 0 Å². The van der Waals surface area contributed by atoms with Crippen molar-refractivity contribution in [2.45, 2.75) is 38.0 Å². The Morgan fingerprint density at radius 1 is 1.17 bits per heavy atom. The average molecular weight is 301 g/mol. The molecule has 0 saturated heterocycles. The van der Waals surface area contributed by atoms with Crippen LogP contribution in [0.1, 0.15) is 24.8 Å². The van der Waals surface area contributed by atoms with Gasteiger partial charge in [0.05, 0.1) is 6.10 Å². The molecule has 0 aliphatic rings. The minimum absolute atomic E-state index is 0.0705. The van der Waals surface area contributed by atoms with Crippen LogP contribution in [0.25, 0.3) is 0 Å². The van der Waals surface area contributed by atoms with Crippen molar-refractivity contribution in [1.29, 1.82) is 0 Å². The molecule has 1 N–H and O–H groups in total. The Labute approximate surface area is 114 Å². The lowest BCUT2D eigenvalue weighted by Crippen LogP contribution is -2.14. The molecule has 102 valence electrons. The second-order valence-electron chi connectivity index (χ2n) is 4.07. The lowest BCUT2D eigenvalue weighted by molar-refractivity contribution is -0.136. The molecule has 1 atom stereocenters. The van der Waals surface area contributed by atoms with E-state index in [9.17, 15) is 18.3 Å². The Bertz CT molecular complexity index is 373. The standard InChI is InChI=1S/C12H13Cl2F3O/c13-10-4-1-5-11(14)9(10)7-8(18)3-2-6-12(15,16)17/h1,4-5,8,18H,2-3,6-7H2. The van der Waals surface area contributed by atoms with Gasteiger partial charge in [-0.1, -0.05) is 29.3 Å². The Morgan fingerprint density at radius 2 is 1.72 bits per heavy atom. The van der Waals surface area contributed by atoms with Crippen LogP contribution in [0.4, 0.5) is 13.2 Å². The van der Waals surface area contributed by atoms with Crippen LogP contribution in [0.2, 0.25) is 10.0 Å². The molecular formula is C12H13Cl2F3O. The van der Waals surface area contributed by atoms with Gasteiger partial charge in [-0.3, -0.25) is 0 Å². The summed E-state index contributed by atoms with van der Waals surface area (Å²) in [5.74, 6) is 0. The number of rotatable bonds is 5. The number of hydrogen-bond acceptors (Lipinski definition) is 1. The summed E-state index contributed by atoms with van der Waals surface area (Å²) in [6.45, 7) is 0. The van der Waals surface area contributed by atoms with Gasteiger partial charge < -0.3 is 5.11 Å². The summed E-state index contributed by atoms with van der Waals surface area (Å²) in [5.41, 5.74) is 0.570. The average Bonchev–Trinajstić information content (AvgIpc) is 2.22. The summed E-state index contributed by atoms with van der Waals surface area (Å²) in [6.07, 6.45) is -5.81. The summed E-state index contributed by atoms with van der Waals surface area (Å²) < 4.78 is 35.8. The monoisotopic (exact) mass is 300 g/mol. The van der Waals surface area contributed by atoms with E-state index < -0.39 is 18.7 Å². The first kappa shape index (κ1) is 15.6. The zero-order valence-electron chi connectivity index (χ0n) is 9.47. The third-order valence-corrected chi connectivity index (χ3v) is 3.21. The van der Waals surface area contributed by atoms with Crippen LogP contribution in [-0.4, -0.2) is 17.4 Å². The van der Waals surface area contributed by atoms with Gasteiger partial charge in [-0.2, -0.15) is 13.2 Å². The van der Waals surface area contributed by atoms with Crippen molar-refractivity contribution in [2.24, 2.45) is 0 Å². The molecule has 1 rings (SSSR count). The number of aliphatic hydroxyl groups is 1. The molecule has 0 saturated carbocycles. The Kier molecular flexibility index (Phi) is 5.76. The maximum absolute atomic E-state index is 11.9. The normalized spacial score (nSPS) is 13.7. The fourth-order valence-corrected chi connectivity index (χ4v) is 2.15. The number of halogens is 5. The van der Waals surface area contributed by atoms with Crippen molar-refractivity contribution in [2.75, 3.05) is 0 Å². The van der Waals surface area contributed by atoms with Crippen LogP contribution >= 0.6 is 23.2 Å². The van der Waals surface area contributed by atoms with Gasteiger partial charge in [0.2, 0.25) is 0 Å². The molecule has 0 amide bonds. The lowest BCUT2D eigenvalue weighted by atomic mass is 10.0. The Balaban J connectivity index is 2.47. The van der Waals surface area contributed by atoms with Gasteiger partial charge in [-0.05, 0) is 30.5 Å². The van der Waals surface area contributed by atoms with Gasteiger partial charge >= 0.3 is 6.18 Å². The summed E-state index contributed by atoms with van der Waals surface area (Å²) >= 11 is 11.8. The van der Waals surface area contributed by atoms with E-state index in [2.05, 4.69) is 0 Å². The van der Waals surface area contributed by atoms with Gasteiger partial charge in [0.25, 0.3) is 0 Å². The summed E-state index contributed by atoms with van der Waals surface area (Å²) in [7, 11) is 0. The highest BCUT2D eigenvalue weighted by atomic mass is 35.5. The predicted octanol–water partition coefficient (Wildman–Crippen LogP) is 4.63. The molecule has 0 spiro atoms. The fraction of sp³-hybridized carbons (Fsp3) is 0.500. The highest BCUT2D eigenvalue weighted by Gasteiger charge is 2.26. The molecular weight excluding hydrogens is 288 g/mol. The first-order valence-corrected chi connectivity index (χ1v) is 6.23. The third kappa shape index (κ3) is 5.46. The van der Waals surface area contributed by atoms with Gasteiger partial charge in [-0.15, -0.1) is 0 Å². The van der Waals surface area contributed by atoms with Gasteiger partial charge in [0.1, 0.15) is 0 Å². The predicted molar refractivity (Wildman–Crippen MR) is 66.1 cm³/mol. The Morgan fingerprint density at radius 3 is 2.22 bits per heavy atom. The molecule has 1 unspecified atom stereocenters. The molecule has 1 aromatic carbocycles. The molecule has 0 bridgehead atoms. The molecule has 0 heterocycles. The molecule has 18 heavy (non-hydrogen) atoms. The number of alkyl halides is 3. The summed E-state index contributed by atoms with van der Waals surface area (Å²) in [5, 5.41) is 10.5. The molecule has 0 radical (unpaired) electrons. The molecule has 6 heteroatoms. The topological polar surface area (TPSA) is 20.2 Å². The van der Waals surface area contributed by atoms with Crippen LogP contribution in [0.3, 0.4) is 0 Å². The zero-order valence-corrected chi connectivity index (χ0v) is 11.0. The quantitative estimate of drug-likeness (QED) is 0.840. The van der Waals surface area contributed by atoms with Crippen molar-refractivity contribution in [3.8, 4) is 0 Å². The van der Waals surface area contributed by atoms with E-state index in [1.165, 1.54) is 0 Å². The number of aliphatic hydroxyl groups excluding tert-OH is 1. The van der Waals surface area contributed by atoms with E-state index in [0.717, 1.165) is 0 Å². The molecule has 0 aliphatic carbocycles. The van der Waals surface area contributed by atoms with Crippen LogP contribution in [0.5, 0.6) is 0 Å². The smallest absolute Gasteiger partial charge is 0.389 e. The SMILES string of the molecule is OC(CCCC(F)(F)F)Cc1c(Cl)cccc1Cl. The number of hydrogen-bond donors (Lipinski definition) is 1. The van der Waals surface area contributed by atoms with Crippen molar-refractivity contribution in [3.05, 3.63) is 33.8 Å². The fourth-order valence-electron chi connectivity index (χ4n) is 1.60. The second kappa shape index (κ2) is 6.64. The summed E-state index contributed by atoms with van der Waals surface area (Å²) in [4.78, 5) is 0. The van der Waals surface area contributed by atoms with Crippen LogP contribution in [0, 0.1) is 0 Å². The molecule has 1 aromatic rings. The van der Waals surface area contributed by atoms with Gasteiger partial charge in [-0.25, -0.2) is 0 Å². The first-order valence-electron chi connectivity index (χ1n) is 5.47. The molecule has 0 aliphatic heterocycles. The van der Waals surface area contributed by atoms with E-state index >= 15 is 0 Å². The molecule has 0 aromatic heterocycles. The highest BCUT2D eigenvalue weighted by molar-refractivity contribution is 6.35. The van der Waals surface area contributed by atoms with E-state index in [1.807, 2.05) is 0 Å². The van der Waals surface area contributed by atoms with Crippen molar-refractivity contribution < 1.29 is 18.3 Å². The molecule has 0 fully saturated rings. The minimum Gasteiger partial charge on any atom is -0.393 e. The number of benzene rings is 1. The Hall–Kier alpha value is -0.450. The van der Waals surface area contributed by atoms with E-state index in [0.29, 0.717) is 15.6 Å². The highest BCUT2D eigenvalue weighted by Crippen LogP contribution is 2.27. The van der Waals surface area contributed by atoms with Crippen LogP contribution in [-0.2, 0) is 6.42 Å².